The highest BCUT2D eigenvalue weighted by Gasteiger charge is 2.23. The van der Waals surface area contributed by atoms with E-state index < -0.39 is 0 Å². The number of fused-ring (bicyclic) bond motifs is 1. The average molecular weight is 358 g/mol. The zero-order valence-corrected chi connectivity index (χ0v) is 15.2. The normalized spacial score (nSPS) is 14.0. The number of rotatable bonds is 4. The van der Waals surface area contributed by atoms with Crippen LogP contribution in [0.3, 0.4) is 0 Å². The highest BCUT2D eigenvalue weighted by atomic mass is 35.5. The first-order valence-corrected chi connectivity index (χ1v) is 7.44. The first-order chi connectivity index (χ1) is 10.1. The molecule has 128 valence electrons. The van der Waals surface area contributed by atoms with Gasteiger partial charge < -0.3 is 10.6 Å². The van der Waals surface area contributed by atoms with E-state index in [2.05, 4.69) is 23.9 Å². The van der Waals surface area contributed by atoms with Crippen molar-refractivity contribution >= 4 is 30.6 Å². The van der Waals surface area contributed by atoms with Crippen LogP contribution in [-0.4, -0.2) is 53.3 Å². The number of anilines is 1. The van der Waals surface area contributed by atoms with Crippen molar-refractivity contribution in [1.29, 1.82) is 0 Å². The monoisotopic (exact) mass is 357 g/mol. The summed E-state index contributed by atoms with van der Waals surface area (Å²) < 4.78 is 1.88. The summed E-state index contributed by atoms with van der Waals surface area (Å²) in [7, 11) is 4.22. The number of nitrogens with zero attached hydrogens (tertiary/aromatic N) is 4. The Kier molecular flexibility index (Phi) is 7.35. The third kappa shape index (κ3) is 4.38. The van der Waals surface area contributed by atoms with Crippen molar-refractivity contribution in [2.24, 2.45) is 0 Å². The second kappa shape index (κ2) is 8.55. The molecule has 0 atom stereocenters. The lowest BCUT2D eigenvalue weighted by molar-refractivity contribution is 0.225. The van der Waals surface area contributed by atoms with Crippen molar-refractivity contribution in [3.8, 4) is 5.69 Å². The van der Waals surface area contributed by atoms with Crippen LogP contribution in [0.25, 0.3) is 5.69 Å². The van der Waals surface area contributed by atoms with E-state index in [0.29, 0.717) is 0 Å². The van der Waals surface area contributed by atoms with Gasteiger partial charge in [-0.25, -0.2) is 4.68 Å². The van der Waals surface area contributed by atoms with Crippen molar-refractivity contribution < 1.29 is 0 Å². The Morgan fingerprint density at radius 3 is 2.52 bits per heavy atom. The Balaban J connectivity index is 0.00000132. The number of nitrogen functional groups attached to an aromatic ring is 1. The van der Waals surface area contributed by atoms with Crippen molar-refractivity contribution in [3.05, 3.63) is 41.6 Å². The van der Waals surface area contributed by atoms with Gasteiger partial charge in [-0.05, 0) is 26.2 Å². The fourth-order valence-electron chi connectivity index (χ4n) is 2.75. The minimum absolute atomic E-state index is 0. The Hall–Kier alpha value is -1.27. The average Bonchev–Trinajstić information content (AvgIpc) is 2.83. The molecule has 1 aromatic carbocycles. The first kappa shape index (κ1) is 19.8. The van der Waals surface area contributed by atoms with Crippen molar-refractivity contribution in [2.75, 3.05) is 39.5 Å². The lowest BCUT2D eigenvalue weighted by Crippen LogP contribution is -2.35. The summed E-state index contributed by atoms with van der Waals surface area (Å²) in [5.41, 5.74) is 9.72. The van der Waals surface area contributed by atoms with Crippen molar-refractivity contribution in [1.82, 2.24) is 19.6 Å². The van der Waals surface area contributed by atoms with E-state index in [1.165, 1.54) is 5.56 Å². The number of aromatic nitrogens is 2. The Labute approximate surface area is 150 Å². The molecule has 0 fully saturated rings. The van der Waals surface area contributed by atoms with Crippen LogP contribution in [0.4, 0.5) is 5.82 Å². The van der Waals surface area contributed by atoms with Gasteiger partial charge in [-0.3, -0.25) is 4.90 Å². The molecule has 2 aromatic rings. The highest BCUT2D eigenvalue weighted by molar-refractivity contribution is 5.85. The summed E-state index contributed by atoms with van der Waals surface area (Å²) in [5, 5.41) is 4.70. The van der Waals surface area contributed by atoms with Crippen LogP contribution in [0.1, 0.15) is 11.3 Å². The second-order valence-electron chi connectivity index (χ2n) is 5.89. The van der Waals surface area contributed by atoms with Gasteiger partial charge in [0.05, 0.1) is 11.4 Å². The van der Waals surface area contributed by atoms with Gasteiger partial charge in [0.1, 0.15) is 5.82 Å². The predicted octanol–water partition coefficient (Wildman–Crippen LogP) is 2.22. The molecule has 2 N–H and O–H groups in total. The minimum Gasteiger partial charge on any atom is -0.383 e. The fourth-order valence-corrected chi connectivity index (χ4v) is 2.75. The second-order valence-corrected chi connectivity index (χ2v) is 5.89. The van der Waals surface area contributed by atoms with E-state index in [-0.39, 0.29) is 24.8 Å². The van der Waals surface area contributed by atoms with E-state index in [4.69, 9.17) is 10.8 Å². The number of para-hydroxylation sites is 1. The smallest absolute Gasteiger partial charge is 0.132 e. The van der Waals surface area contributed by atoms with Gasteiger partial charge >= 0.3 is 0 Å². The van der Waals surface area contributed by atoms with Crippen LogP contribution >= 0.6 is 24.8 Å². The standard InChI is InChI=1S/C16H23N5.2ClH/c1-19(2)10-11-20-9-8-15-14(12-20)16(17)21(18-15)13-6-4-3-5-7-13;;/h3-7H,8-12,17H2,1-2H3;2*1H. The Morgan fingerprint density at radius 1 is 1.17 bits per heavy atom. The number of hydrogen-bond acceptors (Lipinski definition) is 4. The van der Waals surface area contributed by atoms with Crippen molar-refractivity contribution in [2.45, 2.75) is 13.0 Å². The van der Waals surface area contributed by atoms with E-state index in [9.17, 15) is 0 Å². The molecule has 23 heavy (non-hydrogen) atoms. The number of likely N-dealkylation sites (N-methyl/N-ethyl adjacent to an activating group) is 1. The summed E-state index contributed by atoms with van der Waals surface area (Å²) >= 11 is 0. The molecule has 5 nitrogen and oxygen atoms in total. The number of halogens is 2. The third-order valence-electron chi connectivity index (χ3n) is 4.02. The van der Waals surface area contributed by atoms with Crippen LogP contribution in [0.5, 0.6) is 0 Å². The van der Waals surface area contributed by atoms with Crippen LogP contribution < -0.4 is 5.73 Å². The summed E-state index contributed by atoms with van der Waals surface area (Å²) in [5.74, 6) is 0.783. The lowest BCUT2D eigenvalue weighted by Gasteiger charge is -2.27. The van der Waals surface area contributed by atoms with Gasteiger partial charge in [-0.15, -0.1) is 24.8 Å². The molecular weight excluding hydrogens is 333 g/mol. The molecule has 0 bridgehead atoms. The van der Waals surface area contributed by atoms with Crippen LogP contribution in [0, 0.1) is 0 Å². The Bertz CT molecular complexity index is 612. The molecule has 1 aromatic heterocycles. The van der Waals surface area contributed by atoms with Gasteiger partial charge in [0.25, 0.3) is 0 Å². The fraction of sp³-hybridized carbons (Fsp3) is 0.438. The van der Waals surface area contributed by atoms with Gasteiger partial charge in [-0.1, -0.05) is 18.2 Å². The van der Waals surface area contributed by atoms with Crippen LogP contribution in [0.2, 0.25) is 0 Å². The van der Waals surface area contributed by atoms with Crippen molar-refractivity contribution in [3.63, 3.8) is 0 Å². The molecule has 0 saturated heterocycles. The first-order valence-electron chi connectivity index (χ1n) is 7.44. The molecule has 0 spiro atoms. The Morgan fingerprint density at radius 2 is 1.87 bits per heavy atom. The molecule has 0 saturated carbocycles. The van der Waals surface area contributed by atoms with E-state index >= 15 is 0 Å². The molecule has 2 heterocycles. The van der Waals surface area contributed by atoms with Gasteiger partial charge in [0, 0.05) is 38.2 Å². The third-order valence-corrected chi connectivity index (χ3v) is 4.02. The highest BCUT2D eigenvalue weighted by Crippen LogP contribution is 2.26. The van der Waals surface area contributed by atoms with E-state index in [1.54, 1.807) is 0 Å². The molecule has 1 aliphatic heterocycles. The summed E-state index contributed by atoms with van der Waals surface area (Å²) in [4.78, 5) is 4.67. The minimum atomic E-state index is 0. The number of hydrogen-bond donors (Lipinski definition) is 1. The number of nitrogens with two attached hydrogens (primary N) is 1. The summed E-state index contributed by atoms with van der Waals surface area (Å²) in [6.07, 6.45) is 0.979. The van der Waals surface area contributed by atoms with Crippen LogP contribution in [-0.2, 0) is 13.0 Å². The molecule has 0 aliphatic carbocycles. The molecule has 3 rings (SSSR count). The molecule has 0 amide bonds. The predicted molar refractivity (Wildman–Crippen MR) is 100 cm³/mol. The van der Waals surface area contributed by atoms with E-state index in [0.717, 1.165) is 49.8 Å². The van der Waals surface area contributed by atoms with Gasteiger partial charge in [0.2, 0.25) is 0 Å². The summed E-state index contributed by atoms with van der Waals surface area (Å²) in [6, 6.07) is 10.1. The maximum atomic E-state index is 6.34. The summed E-state index contributed by atoms with van der Waals surface area (Å²) in [6.45, 7) is 4.11. The molecule has 7 heteroatoms. The largest absolute Gasteiger partial charge is 0.383 e. The molecule has 0 radical (unpaired) electrons. The molecule has 1 aliphatic rings. The zero-order valence-electron chi connectivity index (χ0n) is 13.6. The topological polar surface area (TPSA) is 50.3 Å². The van der Waals surface area contributed by atoms with E-state index in [1.807, 2.05) is 35.0 Å². The lowest BCUT2D eigenvalue weighted by atomic mass is 10.1. The van der Waals surface area contributed by atoms with Crippen LogP contribution in [0.15, 0.2) is 30.3 Å². The molecular formula is C16H25Cl2N5. The molecule has 0 unspecified atom stereocenters. The maximum absolute atomic E-state index is 6.34. The SMILES string of the molecule is CN(C)CCN1CCc2nn(-c3ccccc3)c(N)c2C1.Cl.Cl. The number of benzene rings is 1. The maximum Gasteiger partial charge on any atom is 0.132 e. The van der Waals surface area contributed by atoms with Gasteiger partial charge in [-0.2, -0.15) is 5.10 Å². The van der Waals surface area contributed by atoms with Gasteiger partial charge in [0.15, 0.2) is 0 Å². The zero-order chi connectivity index (χ0) is 14.8. The quantitative estimate of drug-likeness (QED) is 0.911.